The molecule has 3 rings (SSSR count). The number of rotatable bonds is 2. The van der Waals surface area contributed by atoms with Crippen LogP contribution in [0.3, 0.4) is 0 Å². The Hall–Kier alpha value is -2.84. The number of carbonyl (C=O) groups excluding carboxylic acids is 1. The van der Waals surface area contributed by atoms with Crippen molar-refractivity contribution in [1.29, 1.82) is 5.26 Å². The van der Waals surface area contributed by atoms with E-state index >= 15 is 0 Å². The fourth-order valence-corrected chi connectivity index (χ4v) is 2.16. The van der Waals surface area contributed by atoms with E-state index in [1.54, 1.807) is 42.7 Å². The van der Waals surface area contributed by atoms with Crippen molar-refractivity contribution >= 4 is 34.2 Å². The van der Waals surface area contributed by atoms with Gasteiger partial charge in [-0.1, -0.05) is 11.6 Å². The van der Waals surface area contributed by atoms with Crippen molar-refractivity contribution in [2.45, 2.75) is 0 Å². The van der Waals surface area contributed by atoms with Crippen LogP contribution in [-0.4, -0.2) is 15.9 Å². The molecule has 2 N–H and O–H groups in total. The quantitative estimate of drug-likeness (QED) is 0.761. The summed E-state index contributed by atoms with van der Waals surface area (Å²) in [7, 11) is 0. The van der Waals surface area contributed by atoms with Crippen molar-refractivity contribution in [3.8, 4) is 6.07 Å². The van der Waals surface area contributed by atoms with E-state index in [1.165, 1.54) is 0 Å². The zero-order valence-corrected chi connectivity index (χ0v) is 11.5. The van der Waals surface area contributed by atoms with Crippen LogP contribution in [0.5, 0.6) is 0 Å². The van der Waals surface area contributed by atoms with E-state index in [1.807, 2.05) is 6.07 Å². The highest BCUT2D eigenvalue weighted by atomic mass is 35.5. The summed E-state index contributed by atoms with van der Waals surface area (Å²) in [5.41, 5.74) is 2.77. The molecule has 1 amide bonds. The first kappa shape index (κ1) is 13.2. The Kier molecular flexibility index (Phi) is 3.30. The molecule has 0 aliphatic carbocycles. The van der Waals surface area contributed by atoms with Gasteiger partial charge in [0.05, 0.1) is 28.6 Å². The number of nitrogens with zero attached hydrogens (tertiary/aromatic N) is 2. The molecule has 0 aliphatic rings. The highest BCUT2D eigenvalue weighted by Gasteiger charge is 2.11. The first-order valence-electron chi connectivity index (χ1n) is 6.11. The summed E-state index contributed by atoms with van der Waals surface area (Å²) >= 11 is 5.89. The average molecular weight is 297 g/mol. The third-order valence-electron chi connectivity index (χ3n) is 3.03. The molecule has 1 aromatic heterocycles. The zero-order valence-electron chi connectivity index (χ0n) is 10.7. The van der Waals surface area contributed by atoms with Crippen molar-refractivity contribution < 1.29 is 4.79 Å². The van der Waals surface area contributed by atoms with E-state index in [-0.39, 0.29) is 5.91 Å². The molecule has 0 bridgehead atoms. The third kappa shape index (κ3) is 2.57. The van der Waals surface area contributed by atoms with Crippen molar-refractivity contribution in [3.63, 3.8) is 0 Å². The average Bonchev–Trinajstić information content (AvgIpc) is 2.94. The fraction of sp³-hybridized carbons (Fsp3) is 0. The predicted molar refractivity (Wildman–Crippen MR) is 80.2 cm³/mol. The number of fused-ring (bicyclic) bond motifs is 1. The van der Waals surface area contributed by atoms with Crippen LogP contribution in [-0.2, 0) is 0 Å². The Morgan fingerprint density at radius 3 is 2.95 bits per heavy atom. The highest BCUT2D eigenvalue weighted by molar-refractivity contribution is 6.31. The molecule has 6 heteroatoms. The van der Waals surface area contributed by atoms with Crippen LogP contribution >= 0.6 is 11.6 Å². The summed E-state index contributed by atoms with van der Waals surface area (Å²) in [6, 6.07) is 11.9. The number of imidazole rings is 1. The van der Waals surface area contributed by atoms with Crippen molar-refractivity contribution in [2.24, 2.45) is 0 Å². The lowest BCUT2D eigenvalue weighted by Gasteiger charge is -2.07. The first-order chi connectivity index (χ1) is 10.2. The standard InChI is InChI=1S/C15H9ClN4O/c16-11-3-1-10(7-17)13(6-11)20-15(21)9-2-4-12-14(5-9)19-8-18-12/h1-6,8H,(H,18,19)(H,20,21). The van der Waals surface area contributed by atoms with Crippen LogP contribution in [0, 0.1) is 11.3 Å². The van der Waals surface area contributed by atoms with E-state index < -0.39 is 0 Å². The predicted octanol–water partition coefficient (Wildman–Crippen LogP) is 3.34. The number of nitrogens with one attached hydrogen (secondary N) is 2. The van der Waals surface area contributed by atoms with Gasteiger partial charge in [-0.05, 0) is 36.4 Å². The van der Waals surface area contributed by atoms with Gasteiger partial charge in [-0.3, -0.25) is 4.79 Å². The second kappa shape index (κ2) is 5.27. The van der Waals surface area contributed by atoms with Crippen molar-refractivity contribution in [1.82, 2.24) is 9.97 Å². The minimum absolute atomic E-state index is 0.315. The molecule has 0 radical (unpaired) electrons. The van der Waals surface area contributed by atoms with E-state index in [9.17, 15) is 4.79 Å². The lowest BCUT2D eigenvalue weighted by molar-refractivity contribution is 0.102. The van der Waals surface area contributed by atoms with Gasteiger partial charge in [-0.15, -0.1) is 0 Å². The molecule has 0 unspecified atom stereocenters. The van der Waals surface area contributed by atoms with E-state index in [4.69, 9.17) is 16.9 Å². The maximum Gasteiger partial charge on any atom is 0.255 e. The maximum atomic E-state index is 12.3. The van der Waals surface area contributed by atoms with Crippen molar-refractivity contribution in [2.75, 3.05) is 5.32 Å². The zero-order chi connectivity index (χ0) is 14.8. The van der Waals surface area contributed by atoms with Gasteiger partial charge in [0, 0.05) is 10.6 Å². The molecule has 3 aromatic rings. The van der Waals surface area contributed by atoms with E-state index in [0.29, 0.717) is 21.8 Å². The fourth-order valence-electron chi connectivity index (χ4n) is 1.99. The van der Waals surface area contributed by atoms with Gasteiger partial charge in [-0.2, -0.15) is 5.26 Å². The number of aromatic nitrogens is 2. The Morgan fingerprint density at radius 2 is 2.14 bits per heavy atom. The lowest BCUT2D eigenvalue weighted by atomic mass is 10.1. The number of hydrogen-bond acceptors (Lipinski definition) is 3. The SMILES string of the molecule is N#Cc1ccc(Cl)cc1NC(=O)c1ccc2nc[nH]c2c1. The summed E-state index contributed by atoms with van der Waals surface area (Å²) in [6.45, 7) is 0. The number of H-pyrrole nitrogens is 1. The Labute approximate surface area is 125 Å². The third-order valence-corrected chi connectivity index (χ3v) is 3.27. The van der Waals surface area contributed by atoms with Crippen LogP contribution in [0.4, 0.5) is 5.69 Å². The number of nitriles is 1. The molecular weight excluding hydrogens is 288 g/mol. The van der Waals surface area contributed by atoms with Gasteiger partial charge >= 0.3 is 0 Å². The van der Waals surface area contributed by atoms with Crippen molar-refractivity contribution in [3.05, 3.63) is 58.9 Å². The number of hydrogen-bond donors (Lipinski definition) is 2. The molecule has 1 heterocycles. The molecule has 102 valence electrons. The van der Waals surface area contributed by atoms with Gasteiger partial charge in [-0.25, -0.2) is 4.98 Å². The number of anilines is 1. The molecule has 0 fully saturated rings. The first-order valence-corrected chi connectivity index (χ1v) is 6.49. The smallest absolute Gasteiger partial charge is 0.255 e. The molecule has 0 saturated heterocycles. The Morgan fingerprint density at radius 1 is 1.29 bits per heavy atom. The van der Waals surface area contributed by atoms with E-state index in [2.05, 4.69) is 15.3 Å². The summed E-state index contributed by atoms with van der Waals surface area (Å²) < 4.78 is 0. The Bertz CT molecular complexity index is 879. The van der Waals surface area contributed by atoms with Gasteiger partial charge in [0.15, 0.2) is 0 Å². The largest absolute Gasteiger partial charge is 0.345 e. The normalized spacial score (nSPS) is 10.3. The molecule has 0 atom stereocenters. The topological polar surface area (TPSA) is 81.6 Å². The van der Waals surface area contributed by atoms with E-state index in [0.717, 1.165) is 11.0 Å². The summed E-state index contributed by atoms with van der Waals surface area (Å²) in [4.78, 5) is 19.3. The minimum atomic E-state index is -0.315. The van der Waals surface area contributed by atoms with Gasteiger partial charge in [0.1, 0.15) is 6.07 Å². The number of carbonyl (C=O) groups is 1. The number of benzene rings is 2. The molecule has 0 saturated carbocycles. The maximum absolute atomic E-state index is 12.3. The van der Waals surface area contributed by atoms with Crippen LogP contribution in [0.2, 0.25) is 5.02 Å². The summed E-state index contributed by atoms with van der Waals surface area (Å²) in [6.07, 6.45) is 1.57. The lowest BCUT2D eigenvalue weighted by Crippen LogP contribution is -2.12. The summed E-state index contributed by atoms with van der Waals surface area (Å²) in [5.74, 6) is -0.315. The van der Waals surface area contributed by atoms with Crippen LogP contribution in [0.1, 0.15) is 15.9 Å². The second-order valence-corrected chi connectivity index (χ2v) is 4.83. The molecule has 2 aromatic carbocycles. The molecular formula is C15H9ClN4O. The number of amides is 1. The molecule has 21 heavy (non-hydrogen) atoms. The highest BCUT2D eigenvalue weighted by Crippen LogP contribution is 2.21. The molecule has 5 nitrogen and oxygen atoms in total. The van der Waals surface area contributed by atoms with Crippen LogP contribution < -0.4 is 5.32 Å². The monoisotopic (exact) mass is 296 g/mol. The number of halogens is 1. The van der Waals surface area contributed by atoms with Crippen LogP contribution in [0.15, 0.2) is 42.7 Å². The Balaban J connectivity index is 1.92. The second-order valence-electron chi connectivity index (χ2n) is 4.39. The van der Waals surface area contributed by atoms with Gasteiger partial charge < -0.3 is 10.3 Å². The van der Waals surface area contributed by atoms with Crippen LogP contribution in [0.25, 0.3) is 11.0 Å². The minimum Gasteiger partial charge on any atom is -0.345 e. The molecule has 0 aliphatic heterocycles. The molecule has 0 spiro atoms. The summed E-state index contributed by atoms with van der Waals surface area (Å²) in [5, 5.41) is 12.2. The van der Waals surface area contributed by atoms with Gasteiger partial charge in [0.25, 0.3) is 5.91 Å². The van der Waals surface area contributed by atoms with Gasteiger partial charge in [0.2, 0.25) is 0 Å². The number of aromatic amines is 1.